The molecule has 1 heterocycles. The second kappa shape index (κ2) is 4.76. The zero-order chi connectivity index (χ0) is 12.5. The van der Waals surface area contributed by atoms with Crippen molar-refractivity contribution in [2.75, 3.05) is 19.4 Å². The van der Waals surface area contributed by atoms with Crippen molar-refractivity contribution in [2.24, 2.45) is 0 Å². The van der Waals surface area contributed by atoms with E-state index in [1.165, 1.54) is 10.6 Å². The number of morpholine rings is 1. The number of hydrogen-bond donors (Lipinski definition) is 0. The Bertz CT molecular complexity index is 472. The molecular weight excluding hydrogens is 238 g/mol. The lowest BCUT2D eigenvalue weighted by Crippen LogP contribution is -2.47. The van der Waals surface area contributed by atoms with Crippen LogP contribution >= 0.6 is 0 Å². The maximum absolute atomic E-state index is 11.6. The van der Waals surface area contributed by atoms with Crippen LogP contribution in [-0.2, 0) is 14.8 Å². The molecule has 2 rings (SSSR count). The summed E-state index contributed by atoms with van der Waals surface area (Å²) >= 11 is 0. The van der Waals surface area contributed by atoms with E-state index in [1.807, 2.05) is 37.3 Å². The van der Waals surface area contributed by atoms with Crippen LogP contribution in [-0.4, -0.2) is 38.2 Å². The molecule has 0 aliphatic carbocycles. The molecule has 1 aliphatic heterocycles. The zero-order valence-corrected chi connectivity index (χ0v) is 10.9. The quantitative estimate of drug-likeness (QED) is 0.802. The molecule has 17 heavy (non-hydrogen) atoms. The van der Waals surface area contributed by atoms with E-state index in [1.54, 1.807) is 0 Å². The van der Waals surface area contributed by atoms with E-state index in [9.17, 15) is 8.42 Å². The van der Waals surface area contributed by atoms with Gasteiger partial charge in [0, 0.05) is 12.6 Å². The van der Waals surface area contributed by atoms with Crippen molar-refractivity contribution >= 4 is 10.0 Å². The fourth-order valence-corrected chi connectivity index (χ4v) is 3.19. The van der Waals surface area contributed by atoms with Crippen molar-refractivity contribution in [3.63, 3.8) is 0 Å². The minimum atomic E-state index is -3.16. The van der Waals surface area contributed by atoms with Crippen molar-refractivity contribution in [3.05, 3.63) is 35.9 Å². The second-order valence-corrected chi connectivity index (χ2v) is 6.35. The number of rotatable bonds is 2. The van der Waals surface area contributed by atoms with Crippen LogP contribution in [0.15, 0.2) is 30.3 Å². The highest BCUT2D eigenvalue weighted by Crippen LogP contribution is 2.26. The van der Waals surface area contributed by atoms with E-state index in [0.29, 0.717) is 13.2 Å². The summed E-state index contributed by atoms with van der Waals surface area (Å²) in [4.78, 5) is 0. The number of sulfonamides is 1. The number of ether oxygens (including phenoxy) is 1. The molecule has 0 bridgehead atoms. The minimum absolute atomic E-state index is 0.0926. The lowest BCUT2D eigenvalue weighted by molar-refractivity contribution is -0.0286. The number of benzene rings is 1. The third-order valence-electron chi connectivity index (χ3n) is 2.97. The SMILES string of the molecule is C[C@H]1CO[C@@H](c2ccccc2)CN1S(C)(=O)=O. The molecule has 0 N–H and O–H groups in total. The van der Waals surface area contributed by atoms with E-state index < -0.39 is 10.0 Å². The molecule has 1 aromatic rings. The molecule has 0 radical (unpaired) electrons. The summed E-state index contributed by atoms with van der Waals surface area (Å²) in [6.07, 6.45) is 1.08. The van der Waals surface area contributed by atoms with Gasteiger partial charge in [-0.25, -0.2) is 8.42 Å². The molecule has 5 heteroatoms. The summed E-state index contributed by atoms with van der Waals surface area (Å²) in [5.41, 5.74) is 1.02. The highest BCUT2D eigenvalue weighted by atomic mass is 32.2. The monoisotopic (exact) mass is 255 g/mol. The normalized spacial score (nSPS) is 26.9. The Balaban J connectivity index is 2.19. The molecule has 2 atom stereocenters. The van der Waals surface area contributed by atoms with E-state index in [0.717, 1.165) is 5.56 Å². The van der Waals surface area contributed by atoms with Crippen LogP contribution in [0.3, 0.4) is 0 Å². The lowest BCUT2D eigenvalue weighted by Gasteiger charge is -2.36. The average molecular weight is 255 g/mol. The van der Waals surface area contributed by atoms with Gasteiger partial charge in [-0.15, -0.1) is 0 Å². The fourth-order valence-electron chi connectivity index (χ4n) is 2.07. The van der Waals surface area contributed by atoms with Gasteiger partial charge in [-0.2, -0.15) is 4.31 Å². The van der Waals surface area contributed by atoms with Crippen LogP contribution in [0.4, 0.5) is 0 Å². The average Bonchev–Trinajstić information content (AvgIpc) is 2.29. The highest BCUT2D eigenvalue weighted by molar-refractivity contribution is 7.88. The van der Waals surface area contributed by atoms with E-state index in [2.05, 4.69) is 0 Å². The van der Waals surface area contributed by atoms with Gasteiger partial charge < -0.3 is 4.74 Å². The summed E-state index contributed by atoms with van der Waals surface area (Å²) in [7, 11) is -3.16. The van der Waals surface area contributed by atoms with Gasteiger partial charge in [-0.05, 0) is 12.5 Å². The Morgan fingerprint density at radius 1 is 1.29 bits per heavy atom. The second-order valence-electron chi connectivity index (χ2n) is 4.41. The van der Waals surface area contributed by atoms with Gasteiger partial charge in [0.05, 0.1) is 19.0 Å². The largest absolute Gasteiger partial charge is 0.370 e. The van der Waals surface area contributed by atoms with Gasteiger partial charge in [0.1, 0.15) is 0 Å². The van der Waals surface area contributed by atoms with Crippen LogP contribution in [0, 0.1) is 0 Å². The number of nitrogens with zero attached hydrogens (tertiary/aromatic N) is 1. The summed E-state index contributed by atoms with van der Waals surface area (Å²) < 4.78 is 30.5. The first-order valence-corrected chi connectivity index (χ1v) is 7.46. The molecule has 0 amide bonds. The summed E-state index contributed by atoms with van der Waals surface area (Å²) in [6.45, 7) is 2.69. The van der Waals surface area contributed by atoms with E-state index in [-0.39, 0.29) is 12.1 Å². The van der Waals surface area contributed by atoms with Crippen LogP contribution in [0.25, 0.3) is 0 Å². The standard InChI is InChI=1S/C12H17NO3S/c1-10-9-16-12(8-13(10)17(2,14)15)11-6-4-3-5-7-11/h3-7,10,12H,8-9H2,1-2H3/t10-,12+/m0/s1. The van der Waals surface area contributed by atoms with Gasteiger partial charge >= 0.3 is 0 Å². The first-order chi connectivity index (χ1) is 7.98. The van der Waals surface area contributed by atoms with Gasteiger partial charge in [0.25, 0.3) is 0 Å². The Kier molecular flexibility index (Phi) is 3.51. The van der Waals surface area contributed by atoms with Crippen molar-refractivity contribution in [1.29, 1.82) is 0 Å². The van der Waals surface area contributed by atoms with Crippen LogP contribution in [0.5, 0.6) is 0 Å². The summed E-state index contributed by atoms with van der Waals surface area (Å²) in [6, 6.07) is 9.62. The van der Waals surface area contributed by atoms with Crippen molar-refractivity contribution in [3.8, 4) is 0 Å². The molecule has 1 fully saturated rings. The molecule has 94 valence electrons. The molecule has 1 saturated heterocycles. The van der Waals surface area contributed by atoms with E-state index in [4.69, 9.17) is 4.74 Å². The Hall–Kier alpha value is -0.910. The van der Waals surface area contributed by atoms with Gasteiger partial charge in [-0.3, -0.25) is 0 Å². The van der Waals surface area contributed by atoms with Crippen molar-refractivity contribution in [1.82, 2.24) is 4.31 Å². The highest BCUT2D eigenvalue weighted by Gasteiger charge is 2.32. The first-order valence-electron chi connectivity index (χ1n) is 5.62. The molecule has 1 aromatic carbocycles. The van der Waals surface area contributed by atoms with E-state index >= 15 is 0 Å². The Labute approximate surface area is 102 Å². The summed E-state index contributed by atoms with van der Waals surface area (Å²) in [5.74, 6) is 0. The van der Waals surface area contributed by atoms with Crippen LogP contribution in [0.1, 0.15) is 18.6 Å². The zero-order valence-electron chi connectivity index (χ0n) is 10.0. The maximum atomic E-state index is 11.6. The molecule has 4 nitrogen and oxygen atoms in total. The minimum Gasteiger partial charge on any atom is -0.370 e. The third kappa shape index (κ3) is 2.86. The molecule has 0 aromatic heterocycles. The van der Waals surface area contributed by atoms with Crippen molar-refractivity contribution in [2.45, 2.75) is 19.1 Å². The Morgan fingerprint density at radius 2 is 1.94 bits per heavy atom. The molecule has 0 spiro atoms. The van der Waals surface area contributed by atoms with Gasteiger partial charge in [0.2, 0.25) is 10.0 Å². The third-order valence-corrected chi connectivity index (χ3v) is 4.33. The Morgan fingerprint density at radius 3 is 2.53 bits per heavy atom. The lowest BCUT2D eigenvalue weighted by atomic mass is 10.1. The fraction of sp³-hybridized carbons (Fsp3) is 0.500. The predicted octanol–water partition coefficient (Wildman–Crippen LogP) is 1.41. The maximum Gasteiger partial charge on any atom is 0.211 e. The molecule has 0 unspecified atom stereocenters. The first kappa shape index (κ1) is 12.5. The smallest absolute Gasteiger partial charge is 0.211 e. The van der Waals surface area contributed by atoms with Gasteiger partial charge in [0.15, 0.2) is 0 Å². The molecule has 0 saturated carbocycles. The topological polar surface area (TPSA) is 46.6 Å². The van der Waals surface area contributed by atoms with Gasteiger partial charge in [-0.1, -0.05) is 30.3 Å². The summed E-state index contributed by atoms with van der Waals surface area (Å²) in [5, 5.41) is 0. The molecule has 1 aliphatic rings. The van der Waals surface area contributed by atoms with Crippen molar-refractivity contribution < 1.29 is 13.2 Å². The predicted molar refractivity (Wildman–Crippen MR) is 66.1 cm³/mol. The van der Waals surface area contributed by atoms with Crippen LogP contribution in [0.2, 0.25) is 0 Å². The number of hydrogen-bond acceptors (Lipinski definition) is 3. The van der Waals surface area contributed by atoms with Crippen LogP contribution < -0.4 is 0 Å². The molecular formula is C12H17NO3S.